The first-order valence-corrected chi connectivity index (χ1v) is 7.55. The number of allylic oxidation sites excluding steroid dienone is 1. The van der Waals surface area contributed by atoms with Gasteiger partial charge in [-0.15, -0.1) is 0 Å². The molecule has 1 aromatic rings. The average molecular weight is 333 g/mol. The zero-order chi connectivity index (χ0) is 17.0. The zero-order valence-corrected chi connectivity index (χ0v) is 13.6. The third-order valence-electron chi connectivity index (χ3n) is 2.55. The van der Waals surface area contributed by atoms with Crippen LogP contribution >= 0.6 is 0 Å². The van der Waals surface area contributed by atoms with Crippen LogP contribution in [0.1, 0.15) is 26.3 Å². The lowest BCUT2D eigenvalue weighted by Crippen LogP contribution is -2.26. The SMILES string of the molecule is COc1ccc(/C=C/C(=N/S(=O)C(C)(C)C)C(F)(F)F)cc1. The molecule has 0 amide bonds. The Morgan fingerprint density at radius 1 is 1.18 bits per heavy atom. The summed E-state index contributed by atoms with van der Waals surface area (Å²) in [6, 6.07) is 6.50. The number of ether oxygens (including phenoxy) is 1. The molecule has 0 aliphatic heterocycles. The van der Waals surface area contributed by atoms with E-state index in [2.05, 4.69) is 4.40 Å². The number of rotatable bonds is 4. The van der Waals surface area contributed by atoms with Gasteiger partial charge in [0.15, 0.2) is 5.71 Å². The van der Waals surface area contributed by atoms with Gasteiger partial charge in [-0.05, 0) is 44.5 Å². The highest BCUT2D eigenvalue weighted by molar-refractivity contribution is 7.85. The summed E-state index contributed by atoms with van der Waals surface area (Å²) in [5.74, 6) is 0.607. The second kappa shape index (κ2) is 7.09. The van der Waals surface area contributed by atoms with Gasteiger partial charge in [0.05, 0.1) is 11.9 Å². The second-order valence-electron chi connectivity index (χ2n) is 5.44. The van der Waals surface area contributed by atoms with Crippen molar-refractivity contribution in [2.45, 2.75) is 31.7 Å². The molecule has 0 saturated heterocycles. The maximum absolute atomic E-state index is 13.0. The minimum absolute atomic E-state index is 0.555. The molecule has 0 aromatic heterocycles. The summed E-state index contributed by atoms with van der Waals surface area (Å²) < 4.78 is 58.1. The summed E-state index contributed by atoms with van der Waals surface area (Å²) in [4.78, 5) is 0. The van der Waals surface area contributed by atoms with Gasteiger partial charge in [-0.3, -0.25) is 0 Å². The molecule has 0 fully saturated rings. The van der Waals surface area contributed by atoms with Crippen LogP contribution in [0.15, 0.2) is 34.7 Å². The first-order chi connectivity index (χ1) is 10.0. The van der Waals surface area contributed by atoms with Crippen molar-refractivity contribution in [1.82, 2.24) is 0 Å². The Balaban J connectivity index is 3.06. The predicted molar refractivity (Wildman–Crippen MR) is 83.4 cm³/mol. The molecular formula is C15H18F3NO2S. The van der Waals surface area contributed by atoms with Crippen molar-refractivity contribution in [2.24, 2.45) is 4.40 Å². The van der Waals surface area contributed by atoms with Crippen molar-refractivity contribution in [3.63, 3.8) is 0 Å². The van der Waals surface area contributed by atoms with Gasteiger partial charge in [0.1, 0.15) is 16.7 Å². The third-order valence-corrected chi connectivity index (χ3v) is 3.96. The smallest absolute Gasteiger partial charge is 0.434 e. The lowest BCUT2D eigenvalue weighted by molar-refractivity contribution is -0.0574. The van der Waals surface area contributed by atoms with Crippen LogP contribution in [0.5, 0.6) is 5.75 Å². The lowest BCUT2D eigenvalue weighted by Gasteiger charge is -2.15. The highest BCUT2D eigenvalue weighted by Gasteiger charge is 2.35. The Labute approximate surface area is 130 Å². The molecule has 1 atom stereocenters. The number of halogens is 3. The van der Waals surface area contributed by atoms with Gasteiger partial charge in [-0.1, -0.05) is 18.2 Å². The summed E-state index contributed by atoms with van der Waals surface area (Å²) in [6.45, 7) is 4.69. The Kier molecular flexibility index (Phi) is 5.93. The molecule has 22 heavy (non-hydrogen) atoms. The first-order valence-electron chi connectivity index (χ1n) is 6.44. The van der Waals surface area contributed by atoms with Gasteiger partial charge in [0.2, 0.25) is 0 Å². The van der Waals surface area contributed by atoms with Crippen LogP contribution < -0.4 is 4.74 Å². The maximum atomic E-state index is 13.0. The average Bonchev–Trinajstić information content (AvgIpc) is 2.41. The topological polar surface area (TPSA) is 38.7 Å². The summed E-state index contributed by atoms with van der Waals surface area (Å²) in [6.07, 6.45) is -2.57. The van der Waals surface area contributed by atoms with Crippen LogP contribution in [0.25, 0.3) is 6.08 Å². The second-order valence-corrected chi connectivity index (χ2v) is 7.35. The molecule has 3 nitrogen and oxygen atoms in total. The minimum atomic E-state index is -4.66. The van der Waals surface area contributed by atoms with Crippen LogP contribution in [0.3, 0.4) is 0 Å². The number of nitrogens with zero attached hydrogens (tertiary/aromatic N) is 1. The van der Waals surface area contributed by atoms with E-state index in [-0.39, 0.29) is 0 Å². The largest absolute Gasteiger partial charge is 0.497 e. The molecule has 1 aromatic carbocycles. The van der Waals surface area contributed by atoms with Crippen molar-refractivity contribution in [1.29, 1.82) is 0 Å². The Hall–Kier alpha value is -1.63. The Morgan fingerprint density at radius 3 is 2.14 bits per heavy atom. The van der Waals surface area contributed by atoms with E-state index in [4.69, 9.17) is 4.74 Å². The Bertz CT molecular complexity index is 584. The van der Waals surface area contributed by atoms with Gasteiger partial charge in [-0.25, -0.2) is 4.21 Å². The molecular weight excluding hydrogens is 315 g/mol. The van der Waals surface area contributed by atoms with E-state index >= 15 is 0 Å². The van der Waals surface area contributed by atoms with Crippen molar-refractivity contribution in [2.75, 3.05) is 7.11 Å². The van der Waals surface area contributed by atoms with Crippen molar-refractivity contribution in [3.05, 3.63) is 35.9 Å². The summed E-state index contributed by atoms with van der Waals surface area (Å²) in [5.41, 5.74) is -0.615. The minimum Gasteiger partial charge on any atom is -0.497 e. The van der Waals surface area contributed by atoms with E-state index in [1.807, 2.05) is 0 Å². The lowest BCUT2D eigenvalue weighted by atomic mass is 10.2. The molecule has 0 heterocycles. The highest BCUT2D eigenvalue weighted by Crippen LogP contribution is 2.22. The monoisotopic (exact) mass is 333 g/mol. The van der Waals surface area contributed by atoms with Crippen LogP contribution in [-0.2, 0) is 11.0 Å². The number of alkyl halides is 3. The molecule has 0 aliphatic carbocycles. The van der Waals surface area contributed by atoms with Crippen molar-refractivity contribution < 1.29 is 22.1 Å². The molecule has 7 heteroatoms. The normalized spacial score (nSPS) is 15.1. The van der Waals surface area contributed by atoms with Crippen molar-refractivity contribution in [3.8, 4) is 5.75 Å². The summed E-state index contributed by atoms with van der Waals surface area (Å²) >= 11 is 0. The van der Waals surface area contributed by atoms with Crippen LogP contribution in [0.2, 0.25) is 0 Å². The molecule has 1 unspecified atom stereocenters. The fraction of sp³-hybridized carbons (Fsp3) is 0.400. The van der Waals surface area contributed by atoms with E-state index in [9.17, 15) is 17.4 Å². The van der Waals surface area contributed by atoms with E-state index < -0.39 is 27.6 Å². The Morgan fingerprint density at radius 2 is 1.73 bits per heavy atom. The first kappa shape index (κ1) is 18.4. The molecule has 0 aliphatic rings. The zero-order valence-electron chi connectivity index (χ0n) is 12.8. The van der Waals surface area contributed by atoms with Crippen LogP contribution in [0.4, 0.5) is 13.2 Å². The molecule has 0 radical (unpaired) electrons. The number of benzene rings is 1. The fourth-order valence-electron chi connectivity index (χ4n) is 1.29. The van der Waals surface area contributed by atoms with Crippen molar-refractivity contribution >= 4 is 22.8 Å². The molecule has 0 spiro atoms. The van der Waals surface area contributed by atoms with Gasteiger partial charge >= 0.3 is 6.18 Å². The fourth-order valence-corrected chi connectivity index (χ4v) is 1.91. The standard InChI is InChI=1S/C15H18F3NO2S/c1-14(2,3)22(20)19-13(15(16,17)18)10-7-11-5-8-12(21-4)9-6-11/h5-10H,1-4H3/b10-7+,19-13-. The van der Waals surface area contributed by atoms with E-state index in [0.29, 0.717) is 11.3 Å². The van der Waals surface area contributed by atoms with E-state index in [1.165, 1.54) is 13.2 Å². The number of hydrogen-bond donors (Lipinski definition) is 0. The predicted octanol–water partition coefficient (Wildman–Crippen LogP) is 4.17. The van der Waals surface area contributed by atoms with Crippen LogP contribution in [0, 0.1) is 0 Å². The highest BCUT2D eigenvalue weighted by atomic mass is 32.2. The molecule has 0 bridgehead atoms. The van der Waals surface area contributed by atoms with E-state index in [1.54, 1.807) is 45.0 Å². The number of methoxy groups -OCH3 is 1. The molecule has 0 N–H and O–H groups in total. The number of hydrogen-bond acceptors (Lipinski definition) is 2. The quantitative estimate of drug-likeness (QED) is 0.776. The molecule has 0 saturated carbocycles. The molecule has 1 rings (SSSR count). The maximum Gasteiger partial charge on any atom is 0.434 e. The third kappa shape index (κ3) is 5.63. The van der Waals surface area contributed by atoms with Crippen LogP contribution in [-0.4, -0.2) is 28.0 Å². The van der Waals surface area contributed by atoms with Gasteiger partial charge in [0.25, 0.3) is 0 Å². The van der Waals surface area contributed by atoms with Gasteiger partial charge < -0.3 is 4.74 Å². The summed E-state index contributed by atoms with van der Waals surface area (Å²) in [7, 11) is -0.479. The summed E-state index contributed by atoms with van der Waals surface area (Å²) in [5, 5.41) is 0. The van der Waals surface area contributed by atoms with Gasteiger partial charge in [0, 0.05) is 0 Å². The van der Waals surface area contributed by atoms with E-state index in [0.717, 1.165) is 6.08 Å². The van der Waals surface area contributed by atoms with Gasteiger partial charge in [-0.2, -0.15) is 17.6 Å². The molecule has 122 valence electrons.